The molecule has 0 saturated heterocycles. The van der Waals surface area contributed by atoms with Crippen molar-refractivity contribution in [3.8, 4) is 0 Å². The lowest BCUT2D eigenvalue weighted by Crippen LogP contribution is -2.43. The molecule has 0 fully saturated rings. The summed E-state index contributed by atoms with van der Waals surface area (Å²) in [5, 5.41) is 19.5. The van der Waals surface area contributed by atoms with E-state index in [0.29, 0.717) is 12.8 Å². The van der Waals surface area contributed by atoms with Crippen LogP contribution in [0.4, 0.5) is 0 Å². The van der Waals surface area contributed by atoms with Crippen molar-refractivity contribution in [1.82, 2.24) is 0 Å². The number of aliphatic hydroxyl groups excluding tert-OH is 2. The molecule has 0 amide bonds. The minimum atomic E-state index is -1.69. The summed E-state index contributed by atoms with van der Waals surface area (Å²) < 4.78 is 6.27. The van der Waals surface area contributed by atoms with E-state index < -0.39 is 20.5 Å². The van der Waals surface area contributed by atoms with E-state index in [2.05, 4.69) is 40.8 Å². The Bertz CT molecular complexity index is 248. The van der Waals surface area contributed by atoms with Gasteiger partial charge in [-0.15, -0.1) is 0 Å². The van der Waals surface area contributed by atoms with Crippen molar-refractivity contribution in [2.24, 2.45) is 0 Å². The van der Waals surface area contributed by atoms with Crippen molar-refractivity contribution in [3.63, 3.8) is 0 Å². The van der Waals surface area contributed by atoms with Crippen molar-refractivity contribution >= 4 is 8.32 Å². The van der Waals surface area contributed by atoms with E-state index in [9.17, 15) is 10.2 Å². The molecule has 3 atom stereocenters. The molecule has 0 aliphatic heterocycles. The van der Waals surface area contributed by atoms with Gasteiger partial charge in [-0.2, -0.15) is 0 Å². The first-order valence-electron chi connectivity index (χ1n) is 7.55. The van der Waals surface area contributed by atoms with Crippen molar-refractivity contribution in [1.29, 1.82) is 0 Å². The van der Waals surface area contributed by atoms with Crippen LogP contribution in [-0.4, -0.2) is 36.8 Å². The maximum absolute atomic E-state index is 9.71. The summed E-state index contributed by atoms with van der Waals surface area (Å²) in [5.74, 6) is 0. The van der Waals surface area contributed by atoms with Gasteiger partial charge in [0, 0.05) is 6.10 Å². The van der Waals surface area contributed by atoms with Crippen molar-refractivity contribution in [2.75, 3.05) is 0 Å². The lowest BCUT2D eigenvalue weighted by Gasteiger charge is -2.38. The zero-order valence-electron chi connectivity index (χ0n) is 13.9. The summed E-state index contributed by atoms with van der Waals surface area (Å²) in [6.45, 7) is 15.3. The average Bonchev–Trinajstić information content (AvgIpc) is 2.25. The molecule has 0 heterocycles. The van der Waals surface area contributed by atoms with Crippen LogP contribution in [-0.2, 0) is 4.43 Å². The van der Waals surface area contributed by atoms with E-state index in [1.807, 2.05) is 6.92 Å². The SMILES string of the molecule is CC[C@H](O)[C@@H](O)CCCC(C)O[Si](C)(C)C(C)(C)C. The van der Waals surface area contributed by atoms with Crippen molar-refractivity contribution < 1.29 is 14.6 Å². The van der Waals surface area contributed by atoms with Crippen molar-refractivity contribution in [2.45, 2.75) is 96.7 Å². The smallest absolute Gasteiger partial charge is 0.192 e. The maximum Gasteiger partial charge on any atom is 0.192 e. The molecule has 4 heteroatoms. The third-order valence-corrected chi connectivity index (χ3v) is 8.88. The molecule has 0 saturated carbocycles. The molecular formula is C15H34O3Si. The molecule has 3 nitrogen and oxygen atoms in total. The fraction of sp³-hybridized carbons (Fsp3) is 1.00. The highest BCUT2D eigenvalue weighted by molar-refractivity contribution is 6.74. The highest BCUT2D eigenvalue weighted by Gasteiger charge is 2.38. The summed E-state index contributed by atoms with van der Waals surface area (Å²) in [7, 11) is -1.69. The first-order chi connectivity index (χ1) is 8.51. The molecule has 0 spiro atoms. The Morgan fingerprint density at radius 2 is 1.58 bits per heavy atom. The number of aliphatic hydroxyl groups is 2. The number of hydrogen-bond donors (Lipinski definition) is 2. The molecule has 116 valence electrons. The zero-order chi connectivity index (χ0) is 15.3. The summed E-state index contributed by atoms with van der Waals surface area (Å²) >= 11 is 0. The van der Waals surface area contributed by atoms with Crippen LogP contribution in [0.25, 0.3) is 0 Å². The summed E-state index contributed by atoms with van der Waals surface area (Å²) in [5.41, 5.74) is 0. The van der Waals surface area contributed by atoms with Gasteiger partial charge < -0.3 is 14.6 Å². The Hall–Kier alpha value is 0.0969. The fourth-order valence-electron chi connectivity index (χ4n) is 1.82. The van der Waals surface area contributed by atoms with E-state index >= 15 is 0 Å². The molecule has 0 aromatic carbocycles. The van der Waals surface area contributed by atoms with Gasteiger partial charge in [0.15, 0.2) is 8.32 Å². The standard InChI is InChI=1S/C15H34O3Si/c1-8-13(16)14(17)11-9-10-12(2)18-19(6,7)15(3,4)5/h12-14,16-17H,8-11H2,1-7H3/t12?,13-,14-/m0/s1. The summed E-state index contributed by atoms with van der Waals surface area (Å²) in [6, 6.07) is 0. The van der Waals surface area contributed by atoms with Gasteiger partial charge in [-0.25, -0.2) is 0 Å². The van der Waals surface area contributed by atoms with Crippen molar-refractivity contribution in [3.05, 3.63) is 0 Å². The third-order valence-electron chi connectivity index (χ3n) is 4.27. The van der Waals surface area contributed by atoms with Gasteiger partial charge in [0.2, 0.25) is 0 Å². The predicted octanol–water partition coefficient (Wildman–Crippen LogP) is 3.70. The lowest BCUT2D eigenvalue weighted by atomic mass is 10.0. The minimum absolute atomic E-state index is 0.229. The summed E-state index contributed by atoms with van der Waals surface area (Å²) in [6.07, 6.45) is 2.15. The van der Waals surface area contributed by atoms with Gasteiger partial charge in [0.1, 0.15) is 0 Å². The van der Waals surface area contributed by atoms with Crippen LogP contribution in [0.2, 0.25) is 18.1 Å². The highest BCUT2D eigenvalue weighted by atomic mass is 28.4. The fourth-order valence-corrected chi connectivity index (χ4v) is 3.29. The van der Waals surface area contributed by atoms with Gasteiger partial charge in [-0.05, 0) is 50.7 Å². The Morgan fingerprint density at radius 1 is 1.05 bits per heavy atom. The maximum atomic E-state index is 9.71. The first-order valence-corrected chi connectivity index (χ1v) is 10.5. The minimum Gasteiger partial charge on any atom is -0.414 e. The zero-order valence-corrected chi connectivity index (χ0v) is 14.9. The normalized spacial score (nSPS) is 18.2. The molecule has 1 unspecified atom stereocenters. The molecule has 0 radical (unpaired) electrons. The van der Waals surface area contributed by atoms with Crippen LogP contribution in [0.1, 0.15) is 60.3 Å². The average molecular weight is 291 g/mol. The molecule has 0 aliphatic carbocycles. The lowest BCUT2D eigenvalue weighted by molar-refractivity contribution is 0.00992. The number of hydrogen-bond acceptors (Lipinski definition) is 3. The third kappa shape index (κ3) is 6.89. The molecule has 19 heavy (non-hydrogen) atoms. The van der Waals surface area contributed by atoms with Gasteiger partial charge in [0.05, 0.1) is 12.2 Å². The number of rotatable bonds is 8. The second kappa shape index (κ2) is 7.77. The largest absolute Gasteiger partial charge is 0.414 e. The van der Waals surface area contributed by atoms with Gasteiger partial charge in [-0.3, -0.25) is 0 Å². The van der Waals surface area contributed by atoms with Crippen LogP contribution >= 0.6 is 0 Å². The van der Waals surface area contributed by atoms with E-state index in [1.54, 1.807) is 0 Å². The highest BCUT2D eigenvalue weighted by Crippen LogP contribution is 2.37. The molecule has 0 aromatic rings. The van der Waals surface area contributed by atoms with E-state index in [1.165, 1.54) is 0 Å². The summed E-state index contributed by atoms with van der Waals surface area (Å²) in [4.78, 5) is 0. The first kappa shape index (κ1) is 19.1. The van der Waals surface area contributed by atoms with Crippen LogP contribution < -0.4 is 0 Å². The molecule has 0 aromatic heterocycles. The van der Waals surface area contributed by atoms with Crippen LogP contribution in [0, 0.1) is 0 Å². The van der Waals surface area contributed by atoms with Crippen LogP contribution in [0.3, 0.4) is 0 Å². The molecule has 0 rings (SSSR count). The van der Waals surface area contributed by atoms with E-state index in [4.69, 9.17) is 4.43 Å². The second-order valence-corrected chi connectivity index (χ2v) is 11.9. The Kier molecular flexibility index (Phi) is 7.81. The molecule has 0 aliphatic rings. The molecule has 0 bridgehead atoms. The van der Waals surface area contributed by atoms with Crippen LogP contribution in [0.5, 0.6) is 0 Å². The van der Waals surface area contributed by atoms with Gasteiger partial charge in [0.25, 0.3) is 0 Å². The Morgan fingerprint density at radius 3 is 2.00 bits per heavy atom. The van der Waals surface area contributed by atoms with Crippen LogP contribution in [0.15, 0.2) is 0 Å². The Labute approximate surface area is 120 Å². The van der Waals surface area contributed by atoms with Gasteiger partial charge >= 0.3 is 0 Å². The van der Waals surface area contributed by atoms with E-state index in [0.717, 1.165) is 12.8 Å². The topological polar surface area (TPSA) is 49.7 Å². The second-order valence-electron chi connectivity index (χ2n) is 7.16. The monoisotopic (exact) mass is 290 g/mol. The quantitative estimate of drug-likeness (QED) is 0.670. The Balaban J connectivity index is 4.04. The van der Waals surface area contributed by atoms with E-state index in [-0.39, 0.29) is 11.1 Å². The molecular weight excluding hydrogens is 256 g/mol. The molecule has 2 N–H and O–H groups in total. The van der Waals surface area contributed by atoms with Gasteiger partial charge in [-0.1, -0.05) is 27.7 Å². The predicted molar refractivity (Wildman–Crippen MR) is 83.9 cm³/mol.